The van der Waals surface area contributed by atoms with Crippen molar-refractivity contribution in [1.82, 2.24) is 0 Å². The molecule has 0 aliphatic carbocycles. The number of hydrogen-bond donors (Lipinski definition) is 1. The van der Waals surface area contributed by atoms with Crippen LogP contribution in [0.25, 0.3) is 0 Å². The Balaban J connectivity index is 2.97. The SMILES string of the molecule is COc1ccc(NC=C(C#N)C#N)c(OC)c1. The number of allylic oxidation sites excluding steroid dienone is 1. The molecule has 0 heterocycles. The average Bonchev–Trinajstić information content (AvgIpc) is 2.39. The molecule has 5 heteroatoms. The lowest BCUT2D eigenvalue weighted by Crippen LogP contribution is -1.95. The standard InChI is InChI=1S/C12H11N3O2/c1-16-10-3-4-11(12(5-10)17-2)15-8-9(6-13)7-14/h3-5,8,15H,1-2H3. The quantitative estimate of drug-likeness (QED) is 0.799. The molecule has 0 saturated heterocycles. The van der Waals surface area contributed by atoms with Gasteiger partial charge in [-0.05, 0) is 12.1 Å². The summed E-state index contributed by atoms with van der Waals surface area (Å²) in [6, 6.07) is 8.69. The highest BCUT2D eigenvalue weighted by Gasteiger charge is 2.03. The van der Waals surface area contributed by atoms with Crippen LogP contribution in [0.15, 0.2) is 30.0 Å². The van der Waals surface area contributed by atoms with E-state index in [1.807, 2.05) is 0 Å². The van der Waals surface area contributed by atoms with Crippen molar-refractivity contribution in [2.45, 2.75) is 0 Å². The van der Waals surface area contributed by atoms with E-state index in [2.05, 4.69) is 5.32 Å². The smallest absolute Gasteiger partial charge is 0.145 e. The molecule has 1 rings (SSSR count). The van der Waals surface area contributed by atoms with Gasteiger partial charge in [0.1, 0.15) is 29.2 Å². The molecule has 0 aromatic heterocycles. The zero-order chi connectivity index (χ0) is 12.7. The molecule has 5 nitrogen and oxygen atoms in total. The number of ether oxygens (including phenoxy) is 2. The molecule has 86 valence electrons. The maximum absolute atomic E-state index is 8.58. The Morgan fingerprint density at radius 1 is 1.24 bits per heavy atom. The average molecular weight is 229 g/mol. The molecular formula is C12H11N3O2. The van der Waals surface area contributed by atoms with Crippen molar-refractivity contribution in [2.24, 2.45) is 0 Å². The summed E-state index contributed by atoms with van der Waals surface area (Å²) >= 11 is 0. The maximum atomic E-state index is 8.58. The normalized spacial score (nSPS) is 8.47. The molecular weight excluding hydrogens is 218 g/mol. The van der Waals surface area contributed by atoms with Gasteiger partial charge in [-0.1, -0.05) is 0 Å². The third-order valence-corrected chi connectivity index (χ3v) is 2.02. The molecule has 0 spiro atoms. The predicted octanol–water partition coefficient (Wildman–Crippen LogP) is 2.05. The van der Waals surface area contributed by atoms with Gasteiger partial charge in [0.2, 0.25) is 0 Å². The van der Waals surface area contributed by atoms with Gasteiger partial charge in [0.05, 0.1) is 19.9 Å². The number of nitrogens with one attached hydrogen (secondary N) is 1. The number of benzene rings is 1. The van der Waals surface area contributed by atoms with E-state index in [0.717, 1.165) is 0 Å². The predicted molar refractivity (Wildman–Crippen MR) is 62.5 cm³/mol. The molecule has 0 radical (unpaired) electrons. The minimum Gasteiger partial charge on any atom is -0.497 e. The Morgan fingerprint density at radius 3 is 2.47 bits per heavy atom. The van der Waals surface area contributed by atoms with Gasteiger partial charge in [0, 0.05) is 12.3 Å². The van der Waals surface area contributed by atoms with Gasteiger partial charge < -0.3 is 14.8 Å². The van der Waals surface area contributed by atoms with E-state index in [0.29, 0.717) is 17.2 Å². The fraction of sp³-hybridized carbons (Fsp3) is 0.167. The lowest BCUT2D eigenvalue weighted by Gasteiger charge is -2.09. The molecule has 0 aliphatic heterocycles. The second-order valence-corrected chi connectivity index (χ2v) is 2.99. The molecule has 0 fully saturated rings. The Kier molecular flexibility index (Phi) is 4.41. The van der Waals surface area contributed by atoms with Crippen LogP contribution in [0.1, 0.15) is 0 Å². The number of anilines is 1. The molecule has 1 N–H and O–H groups in total. The van der Waals surface area contributed by atoms with Gasteiger partial charge >= 0.3 is 0 Å². The van der Waals surface area contributed by atoms with Crippen molar-refractivity contribution in [3.05, 3.63) is 30.0 Å². The number of methoxy groups -OCH3 is 2. The fourth-order valence-electron chi connectivity index (χ4n) is 1.16. The summed E-state index contributed by atoms with van der Waals surface area (Å²) in [5.74, 6) is 1.23. The third-order valence-electron chi connectivity index (χ3n) is 2.02. The second kappa shape index (κ2) is 6.04. The summed E-state index contributed by atoms with van der Waals surface area (Å²) < 4.78 is 10.2. The van der Waals surface area contributed by atoms with Crippen LogP contribution in [0.3, 0.4) is 0 Å². The first-order chi connectivity index (χ1) is 8.24. The van der Waals surface area contributed by atoms with Crippen molar-refractivity contribution in [3.63, 3.8) is 0 Å². The highest BCUT2D eigenvalue weighted by atomic mass is 16.5. The lowest BCUT2D eigenvalue weighted by atomic mass is 10.2. The summed E-state index contributed by atoms with van der Waals surface area (Å²) in [7, 11) is 3.09. The van der Waals surface area contributed by atoms with Crippen LogP contribution in [0.2, 0.25) is 0 Å². The Morgan fingerprint density at radius 2 is 1.94 bits per heavy atom. The first kappa shape index (κ1) is 12.4. The van der Waals surface area contributed by atoms with Crippen molar-refractivity contribution in [3.8, 4) is 23.6 Å². The largest absolute Gasteiger partial charge is 0.497 e. The van der Waals surface area contributed by atoms with Gasteiger partial charge in [-0.25, -0.2) is 0 Å². The van der Waals surface area contributed by atoms with Gasteiger partial charge in [-0.2, -0.15) is 10.5 Å². The van der Waals surface area contributed by atoms with Crippen LogP contribution in [0, 0.1) is 22.7 Å². The maximum Gasteiger partial charge on any atom is 0.145 e. The van der Waals surface area contributed by atoms with E-state index < -0.39 is 0 Å². The van der Waals surface area contributed by atoms with Crippen LogP contribution >= 0.6 is 0 Å². The molecule has 0 bridgehead atoms. The van der Waals surface area contributed by atoms with Crippen molar-refractivity contribution < 1.29 is 9.47 Å². The van der Waals surface area contributed by atoms with Crippen LogP contribution in [0.4, 0.5) is 5.69 Å². The molecule has 0 unspecified atom stereocenters. The van der Waals surface area contributed by atoms with Crippen LogP contribution in [0.5, 0.6) is 11.5 Å². The molecule has 1 aromatic rings. The van der Waals surface area contributed by atoms with Gasteiger partial charge in [-0.15, -0.1) is 0 Å². The first-order valence-electron chi connectivity index (χ1n) is 4.74. The van der Waals surface area contributed by atoms with Crippen LogP contribution in [-0.2, 0) is 0 Å². The fourth-order valence-corrected chi connectivity index (χ4v) is 1.16. The number of nitrogens with zero attached hydrogens (tertiary/aromatic N) is 2. The Bertz CT molecular complexity index is 493. The van der Waals surface area contributed by atoms with Crippen LogP contribution < -0.4 is 14.8 Å². The summed E-state index contributed by atoms with van der Waals surface area (Å²) in [5.41, 5.74) is 0.638. The molecule has 1 aromatic carbocycles. The summed E-state index contributed by atoms with van der Waals surface area (Å²) in [6.07, 6.45) is 1.32. The minimum absolute atomic E-state index is 0.0112. The highest BCUT2D eigenvalue weighted by Crippen LogP contribution is 2.28. The van der Waals surface area contributed by atoms with E-state index in [-0.39, 0.29) is 5.57 Å². The van der Waals surface area contributed by atoms with E-state index in [4.69, 9.17) is 20.0 Å². The molecule has 0 saturated carbocycles. The first-order valence-corrected chi connectivity index (χ1v) is 4.74. The third kappa shape index (κ3) is 3.15. The van der Waals surface area contributed by atoms with Crippen molar-refractivity contribution in [2.75, 3.05) is 19.5 Å². The number of hydrogen-bond acceptors (Lipinski definition) is 5. The van der Waals surface area contributed by atoms with E-state index in [1.54, 1.807) is 37.4 Å². The van der Waals surface area contributed by atoms with Crippen molar-refractivity contribution in [1.29, 1.82) is 10.5 Å². The summed E-state index contributed by atoms with van der Waals surface area (Å²) in [4.78, 5) is 0. The molecule has 0 amide bonds. The minimum atomic E-state index is -0.0112. The number of nitriles is 2. The van der Waals surface area contributed by atoms with E-state index >= 15 is 0 Å². The van der Waals surface area contributed by atoms with Gasteiger partial charge in [0.25, 0.3) is 0 Å². The van der Waals surface area contributed by atoms with E-state index in [1.165, 1.54) is 13.3 Å². The molecule has 17 heavy (non-hydrogen) atoms. The number of rotatable bonds is 4. The van der Waals surface area contributed by atoms with Crippen molar-refractivity contribution >= 4 is 5.69 Å². The molecule has 0 aliphatic rings. The summed E-state index contributed by atoms with van der Waals surface area (Å²) in [5, 5.41) is 20.0. The van der Waals surface area contributed by atoms with E-state index in [9.17, 15) is 0 Å². The zero-order valence-electron chi connectivity index (χ0n) is 9.52. The van der Waals surface area contributed by atoms with Gasteiger partial charge in [0.15, 0.2) is 0 Å². The van der Waals surface area contributed by atoms with Gasteiger partial charge in [-0.3, -0.25) is 0 Å². The summed E-state index contributed by atoms with van der Waals surface area (Å²) in [6.45, 7) is 0. The highest BCUT2D eigenvalue weighted by molar-refractivity contribution is 5.61. The topological polar surface area (TPSA) is 78.1 Å². The monoisotopic (exact) mass is 229 g/mol. The zero-order valence-corrected chi connectivity index (χ0v) is 9.52. The second-order valence-electron chi connectivity index (χ2n) is 2.99. The molecule has 0 atom stereocenters. The van der Waals surface area contributed by atoms with Crippen LogP contribution in [-0.4, -0.2) is 14.2 Å². The Labute approximate surface area is 99.5 Å². The lowest BCUT2D eigenvalue weighted by molar-refractivity contribution is 0.395. The Hall–Kier alpha value is -2.66.